The van der Waals surface area contributed by atoms with E-state index in [0.29, 0.717) is 30.0 Å². The van der Waals surface area contributed by atoms with E-state index in [0.717, 1.165) is 31.1 Å². The Morgan fingerprint density at radius 1 is 1.43 bits per heavy atom. The fourth-order valence-corrected chi connectivity index (χ4v) is 5.14. The van der Waals surface area contributed by atoms with Crippen molar-refractivity contribution >= 4 is 32.8 Å². The zero-order valence-electron chi connectivity index (χ0n) is 11.8. The first kappa shape index (κ1) is 14.8. The number of hydrogen-bond acceptors (Lipinski definition) is 6. The van der Waals surface area contributed by atoms with Gasteiger partial charge in [0, 0.05) is 13.1 Å². The van der Waals surface area contributed by atoms with E-state index in [9.17, 15) is 8.42 Å². The molecule has 1 N–H and O–H groups in total. The van der Waals surface area contributed by atoms with E-state index in [1.807, 2.05) is 7.05 Å². The summed E-state index contributed by atoms with van der Waals surface area (Å²) in [4.78, 5) is 0.277. The number of fused-ring (bicyclic) bond motifs is 1. The number of nitrogens with zero attached hydrogens (tertiary/aromatic N) is 3. The van der Waals surface area contributed by atoms with Crippen LogP contribution in [0.5, 0.6) is 0 Å². The van der Waals surface area contributed by atoms with Gasteiger partial charge in [-0.15, -0.1) is 0 Å². The minimum Gasteiger partial charge on any atom is -0.319 e. The molecule has 1 fully saturated rings. The summed E-state index contributed by atoms with van der Waals surface area (Å²) >= 11 is 1.05. The van der Waals surface area contributed by atoms with Gasteiger partial charge in [0.15, 0.2) is 0 Å². The predicted octanol–water partition coefficient (Wildman–Crippen LogP) is 1.31. The maximum absolute atomic E-state index is 12.9. The molecule has 1 unspecified atom stereocenters. The fraction of sp³-hybridized carbons (Fsp3) is 0.538. The first-order valence-electron chi connectivity index (χ1n) is 6.99. The van der Waals surface area contributed by atoms with Crippen molar-refractivity contribution in [2.24, 2.45) is 5.92 Å². The first-order chi connectivity index (χ1) is 10.1. The van der Waals surface area contributed by atoms with Crippen molar-refractivity contribution in [3.63, 3.8) is 0 Å². The molecule has 0 radical (unpaired) electrons. The van der Waals surface area contributed by atoms with Crippen LogP contribution in [0, 0.1) is 5.92 Å². The molecule has 6 nitrogen and oxygen atoms in total. The molecule has 8 heteroatoms. The van der Waals surface area contributed by atoms with Crippen LogP contribution in [-0.4, -0.2) is 48.2 Å². The van der Waals surface area contributed by atoms with Crippen LogP contribution < -0.4 is 5.32 Å². The lowest BCUT2D eigenvalue weighted by atomic mass is 10.00. The second kappa shape index (κ2) is 5.96. The summed E-state index contributed by atoms with van der Waals surface area (Å²) in [5.74, 6) is 0.367. The van der Waals surface area contributed by atoms with Crippen LogP contribution in [0.4, 0.5) is 0 Å². The molecule has 0 aliphatic carbocycles. The van der Waals surface area contributed by atoms with Crippen molar-refractivity contribution in [3.8, 4) is 0 Å². The Bertz CT molecular complexity index is 727. The lowest BCUT2D eigenvalue weighted by Gasteiger charge is -2.31. The second-order valence-electron chi connectivity index (χ2n) is 5.32. The van der Waals surface area contributed by atoms with Crippen molar-refractivity contribution < 1.29 is 8.42 Å². The Labute approximate surface area is 128 Å². The smallest absolute Gasteiger partial charge is 0.245 e. The first-order valence-corrected chi connectivity index (χ1v) is 9.16. The molecule has 1 aromatic heterocycles. The predicted molar refractivity (Wildman–Crippen MR) is 82.8 cm³/mol. The standard InChI is InChI=1S/C13H18N4O2S2/c1-14-8-10-4-3-7-17(9-10)21(18,19)12-6-2-5-11-13(12)16-20-15-11/h2,5-6,10,14H,3-4,7-9H2,1H3. The maximum Gasteiger partial charge on any atom is 0.245 e. The minimum absolute atomic E-state index is 0.277. The summed E-state index contributed by atoms with van der Waals surface area (Å²) in [6, 6.07) is 5.14. The van der Waals surface area contributed by atoms with E-state index in [-0.39, 0.29) is 4.90 Å². The van der Waals surface area contributed by atoms with Crippen molar-refractivity contribution in [2.75, 3.05) is 26.7 Å². The van der Waals surface area contributed by atoms with Gasteiger partial charge in [-0.2, -0.15) is 13.1 Å². The number of piperidine rings is 1. The lowest BCUT2D eigenvalue weighted by Crippen LogP contribution is -2.42. The van der Waals surface area contributed by atoms with Gasteiger partial charge in [0.25, 0.3) is 0 Å². The topological polar surface area (TPSA) is 75.2 Å². The van der Waals surface area contributed by atoms with E-state index < -0.39 is 10.0 Å². The average molecular weight is 326 g/mol. The third kappa shape index (κ3) is 2.80. The highest BCUT2D eigenvalue weighted by Gasteiger charge is 2.31. The number of sulfonamides is 1. The highest BCUT2D eigenvalue weighted by molar-refractivity contribution is 7.89. The van der Waals surface area contributed by atoms with Gasteiger partial charge < -0.3 is 5.32 Å². The highest BCUT2D eigenvalue weighted by Crippen LogP contribution is 2.27. The van der Waals surface area contributed by atoms with Gasteiger partial charge in [0.05, 0.1) is 11.7 Å². The molecule has 0 saturated carbocycles. The molecule has 2 aromatic rings. The van der Waals surface area contributed by atoms with Crippen molar-refractivity contribution in [1.29, 1.82) is 0 Å². The van der Waals surface area contributed by atoms with Gasteiger partial charge in [-0.1, -0.05) is 6.07 Å². The Morgan fingerprint density at radius 2 is 2.29 bits per heavy atom. The van der Waals surface area contributed by atoms with Gasteiger partial charge in [-0.25, -0.2) is 8.42 Å². The van der Waals surface area contributed by atoms with E-state index in [1.165, 1.54) is 0 Å². The molecule has 1 saturated heterocycles. The largest absolute Gasteiger partial charge is 0.319 e. The molecule has 1 aliphatic heterocycles. The van der Waals surface area contributed by atoms with Crippen LogP contribution in [0.25, 0.3) is 11.0 Å². The van der Waals surface area contributed by atoms with Crippen LogP contribution in [0.1, 0.15) is 12.8 Å². The molecule has 21 heavy (non-hydrogen) atoms. The molecule has 2 heterocycles. The van der Waals surface area contributed by atoms with E-state index >= 15 is 0 Å². The molecular weight excluding hydrogens is 308 g/mol. The third-order valence-electron chi connectivity index (χ3n) is 3.84. The third-order valence-corrected chi connectivity index (χ3v) is 6.28. The molecule has 3 rings (SSSR count). The van der Waals surface area contributed by atoms with Crippen LogP contribution in [0.2, 0.25) is 0 Å². The van der Waals surface area contributed by atoms with E-state index in [4.69, 9.17) is 0 Å². The van der Waals surface area contributed by atoms with E-state index in [1.54, 1.807) is 22.5 Å². The quantitative estimate of drug-likeness (QED) is 0.917. The van der Waals surface area contributed by atoms with Crippen molar-refractivity contribution in [3.05, 3.63) is 18.2 Å². The maximum atomic E-state index is 12.9. The summed E-state index contributed by atoms with van der Waals surface area (Å²) in [6.45, 7) is 1.99. The molecule has 0 bridgehead atoms. The number of benzene rings is 1. The molecule has 0 spiro atoms. The highest BCUT2D eigenvalue weighted by atomic mass is 32.2. The van der Waals surface area contributed by atoms with Gasteiger partial charge >= 0.3 is 0 Å². The monoisotopic (exact) mass is 326 g/mol. The fourth-order valence-electron chi connectivity index (χ4n) is 2.83. The Balaban J connectivity index is 1.94. The number of nitrogens with one attached hydrogen (secondary N) is 1. The number of hydrogen-bond donors (Lipinski definition) is 1. The summed E-state index contributed by atoms with van der Waals surface area (Å²) in [5, 5.41) is 3.13. The summed E-state index contributed by atoms with van der Waals surface area (Å²) in [7, 11) is -1.60. The van der Waals surface area contributed by atoms with Crippen molar-refractivity contribution in [2.45, 2.75) is 17.7 Å². The van der Waals surface area contributed by atoms with Crippen LogP contribution in [0.15, 0.2) is 23.1 Å². The van der Waals surface area contributed by atoms with Crippen LogP contribution in [0.3, 0.4) is 0 Å². The summed E-state index contributed by atoms with van der Waals surface area (Å²) in [6.07, 6.45) is 1.96. The second-order valence-corrected chi connectivity index (χ2v) is 7.75. The molecule has 1 atom stereocenters. The molecule has 1 aromatic carbocycles. The number of aromatic nitrogens is 2. The Hall–Kier alpha value is -1.09. The normalized spacial score (nSPS) is 20.9. The van der Waals surface area contributed by atoms with Crippen molar-refractivity contribution in [1.82, 2.24) is 18.4 Å². The molecule has 0 amide bonds. The van der Waals surface area contributed by atoms with Crippen LogP contribution >= 0.6 is 11.7 Å². The SMILES string of the molecule is CNCC1CCCN(S(=O)(=O)c2cccc3nsnc23)C1. The zero-order chi connectivity index (χ0) is 14.9. The Morgan fingerprint density at radius 3 is 3.10 bits per heavy atom. The van der Waals surface area contributed by atoms with Gasteiger partial charge in [0.2, 0.25) is 10.0 Å². The summed E-state index contributed by atoms with van der Waals surface area (Å²) < 4.78 is 35.6. The lowest BCUT2D eigenvalue weighted by molar-refractivity contribution is 0.263. The average Bonchev–Trinajstić information content (AvgIpc) is 2.96. The summed E-state index contributed by atoms with van der Waals surface area (Å²) in [5.41, 5.74) is 1.13. The molecule has 1 aliphatic rings. The Kier molecular flexibility index (Phi) is 4.21. The van der Waals surface area contributed by atoms with Gasteiger partial charge in [-0.05, 0) is 44.5 Å². The number of rotatable bonds is 4. The van der Waals surface area contributed by atoms with Gasteiger partial charge in [-0.3, -0.25) is 0 Å². The minimum atomic E-state index is -3.50. The zero-order valence-corrected chi connectivity index (χ0v) is 13.5. The van der Waals surface area contributed by atoms with Crippen LogP contribution in [-0.2, 0) is 10.0 Å². The van der Waals surface area contributed by atoms with Gasteiger partial charge in [0.1, 0.15) is 15.9 Å². The molecular formula is C13H18N4O2S2. The molecule has 114 valence electrons. The van der Waals surface area contributed by atoms with E-state index in [2.05, 4.69) is 14.1 Å².